The number of rotatable bonds is 1. The molecule has 2 aromatic heterocycles. The lowest BCUT2D eigenvalue weighted by Gasteiger charge is -2.14. The smallest absolute Gasteiger partial charge is 0.408 e. The fourth-order valence-electron chi connectivity index (χ4n) is 2.68. The monoisotopic (exact) mass is 282 g/mol. The van der Waals surface area contributed by atoms with E-state index in [0.717, 1.165) is 22.5 Å². The van der Waals surface area contributed by atoms with Gasteiger partial charge >= 0.3 is 5.76 Å². The van der Waals surface area contributed by atoms with Crippen molar-refractivity contribution in [3.8, 4) is 11.3 Å². The van der Waals surface area contributed by atoms with Gasteiger partial charge in [-0.2, -0.15) is 0 Å². The molecule has 2 heterocycles. The minimum atomic E-state index is -0.428. The Balaban J connectivity index is 2.34. The number of nitrogens with one attached hydrogen (secondary N) is 1. The van der Waals surface area contributed by atoms with Crippen LogP contribution in [0.4, 0.5) is 0 Å². The molecular formula is C17H18N2O2. The lowest BCUT2D eigenvalue weighted by atomic mass is 9.95. The van der Waals surface area contributed by atoms with Gasteiger partial charge in [0.2, 0.25) is 0 Å². The van der Waals surface area contributed by atoms with Crippen molar-refractivity contribution in [3.05, 3.63) is 50.6 Å². The number of nitrogens with zero attached hydrogens (tertiary/aromatic N) is 1. The third-order valence-electron chi connectivity index (χ3n) is 4.32. The third kappa shape index (κ3) is 2.07. The van der Waals surface area contributed by atoms with Gasteiger partial charge in [-0.3, -0.25) is 9.97 Å². The van der Waals surface area contributed by atoms with E-state index in [1.165, 1.54) is 16.7 Å². The Morgan fingerprint density at radius 3 is 2.43 bits per heavy atom. The first-order valence-electron chi connectivity index (χ1n) is 6.96. The summed E-state index contributed by atoms with van der Waals surface area (Å²) >= 11 is 0. The Bertz CT molecular complexity index is 917. The number of aromatic nitrogens is 2. The van der Waals surface area contributed by atoms with Crippen molar-refractivity contribution in [2.24, 2.45) is 0 Å². The Labute approximate surface area is 122 Å². The quantitative estimate of drug-likeness (QED) is 0.740. The number of oxazole rings is 1. The molecule has 4 heteroatoms. The summed E-state index contributed by atoms with van der Waals surface area (Å²) in [6.45, 7) is 10.3. The molecule has 0 spiro atoms. The van der Waals surface area contributed by atoms with Crippen LogP contribution in [-0.4, -0.2) is 9.97 Å². The van der Waals surface area contributed by atoms with Gasteiger partial charge < -0.3 is 4.42 Å². The van der Waals surface area contributed by atoms with E-state index in [4.69, 9.17) is 9.40 Å². The van der Waals surface area contributed by atoms with E-state index in [9.17, 15) is 4.79 Å². The van der Waals surface area contributed by atoms with E-state index < -0.39 is 5.76 Å². The normalized spacial score (nSPS) is 11.3. The average molecular weight is 282 g/mol. The van der Waals surface area contributed by atoms with Gasteiger partial charge in [0.25, 0.3) is 0 Å². The second-order valence-corrected chi connectivity index (χ2v) is 5.60. The molecule has 108 valence electrons. The molecule has 0 radical (unpaired) electrons. The highest BCUT2D eigenvalue weighted by Crippen LogP contribution is 2.31. The number of aromatic amines is 1. The number of H-pyrrole nitrogens is 1. The molecule has 4 nitrogen and oxygen atoms in total. The molecule has 3 aromatic rings. The largest absolute Gasteiger partial charge is 0.417 e. The molecule has 0 bridgehead atoms. The van der Waals surface area contributed by atoms with Gasteiger partial charge in [-0.15, -0.1) is 0 Å². The van der Waals surface area contributed by atoms with E-state index >= 15 is 0 Å². The van der Waals surface area contributed by atoms with Crippen LogP contribution in [0.5, 0.6) is 0 Å². The highest BCUT2D eigenvalue weighted by molar-refractivity contribution is 5.82. The van der Waals surface area contributed by atoms with Gasteiger partial charge in [0.05, 0.1) is 11.2 Å². The molecule has 21 heavy (non-hydrogen) atoms. The second kappa shape index (κ2) is 4.58. The first-order chi connectivity index (χ1) is 9.88. The van der Waals surface area contributed by atoms with Crippen LogP contribution in [0.25, 0.3) is 22.4 Å². The lowest BCUT2D eigenvalue weighted by Crippen LogP contribution is -2.00. The number of pyridine rings is 1. The van der Waals surface area contributed by atoms with Crippen LogP contribution in [0.15, 0.2) is 21.3 Å². The van der Waals surface area contributed by atoms with Crippen LogP contribution < -0.4 is 5.76 Å². The summed E-state index contributed by atoms with van der Waals surface area (Å²) in [7, 11) is 0. The van der Waals surface area contributed by atoms with Crippen molar-refractivity contribution in [2.45, 2.75) is 34.6 Å². The topological polar surface area (TPSA) is 58.9 Å². The molecule has 0 aliphatic heterocycles. The van der Waals surface area contributed by atoms with Crippen LogP contribution in [0, 0.1) is 34.6 Å². The number of hydrogen-bond donors (Lipinski definition) is 1. The van der Waals surface area contributed by atoms with Crippen molar-refractivity contribution < 1.29 is 4.42 Å². The van der Waals surface area contributed by atoms with E-state index in [0.29, 0.717) is 11.1 Å². The molecule has 0 fully saturated rings. The SMILES string of the molecule is Cc1cc2oc(=O)[nH]c2cc1-c1nc(C)c(C)c(C)c1C. The molecule has 0 saturated carbocycles. The molecule has 1 aromatic carbocycles. The maximum absolute atomic E-state index is 11.3. The van der Waals surface area contributed by atoms with Gasteiger partial charge in [0, 0.05) is 11.3 Å². The minimum absolute atomic E-state index is 0.428. The van der Waals surface area contributed by atoms with Crippen molar-refractivity contribution in [1.29, 1.82) is 0 Å². The van der Waals surface area contributed by atoms with Gasteiger partial charge in [0.1, 0.15) is 0 Å². The van der Waals surface area contributed by atoms with Crippen molar-refractivity contribution in [3.63, 3.8) is 0 Å². The summed E-state index contributed by atoms with van der Waals surface area (Å²) in [5.74, 6) is -0.428. The minimum Gasteiger partial charge on any atom is -0.408 e. The summed E-state index contributed by atoms with van der Waals surface area (Å²) < 4.78 is 5.10. The molecule has 0 aliphatic rings. The Kier molecular flexibility index (Phi) is 2.97. The van der Waals surface area contributed by atoms with Crippen LogP contribution in [0.2, 0.25) is 0 Å². The van der Waals surface area contributed by atoms with Gasteiger partial charge in [-0.05, 0) is 69.0 Å². The molecule has 0 saturated heterocycles. The van der Waals surface area contributed by atoms with E-state index in [1.54, 1.807) is 0 Å². The summed E-state index contributed by atoms with van der Waals surface area (Å²) in [5.41, 5.74) is 9.03. The standard InChI is InChI=1S/C17H18N2O2/c1-8-6-15-14(19-17(20)21-15)7-13(8)16-11(4)9(2)10(3)12(5)18-16/h6-7H,1-5H3,(H,19,20). The fourth-order valence-corrected chi connectivity index (χ4v) is 2.68. The molecule has 3 rings (SSSR count). The second-order valence-electron chi connectivity index (χ2n) is 5.60. The van der Waals surface area contributed by atoms with Gasteiger partial charge in [-0.25, -0.2) is 4.79 Å². The van der Waals surface area contributed by atoms with Crippen molar-refractivity contribution in [1.82, 2.24) is 9.97 Å². The van der Waals surface area contributed by atoms with Gasteiger partial charge in [0.15, 0.2) is 5.58 Å². The molecule has 0 unspecified atom stereocenters. The number of fused-ring (bicyclic) bond motifs is 1. The van der Waals surface area contributed by atoms with Crippen LogP contribution >= 0.6 is 0 Å². The van der Waals surface area contributed by atoms with Crippen molar-refractivity contribution in [2.75, 3.05) is 0 Å². The molecule has 0 atom stereocenters. The number of hydrogen-bond acceptors (Lipinski definition) is 3. The van der Waals surface area contributed by atoms with Crippen LogP contribution in [0.3, 0.4) is 0 Å². The third-order valence-corrected chi connectivity index (χ3v) is 4.32. The summed E-state index contributed by atoms with van der Waals surface area (Å²) in [6, 6.07) is 3.83. The van der Waals surface area contributed by atoms with Crippen LogP contribution in [0.1, 0.15) is 27.9 Å². The summed E-state index contributed by atoms with van der Waals surface area (Å²) in [4.78, 5) is 18.8. The molecule has 0 amide bonds. The average Bonchev–Trinajstić information content (AvgIpc) is 2.79. The predicted molar refractivity (Wildman–Crippen MR) is 83.8 cm³/mol. The fraction of sp³-hybridized carbons (Fsp3) is 0.294. The molecular weight excluding hydrogens is 264 g/mol. The Morgan fingerprint density at radius 1 is 1.00 bits per heavy atom. The first-order valence-corrected chi connectivity index (χ1v) is 6.96. The van der Waals surface area contributed by atoms with E-state index in [-0.39, 0.29) is 0 Å². The Hall–Kier alpha value is -2.36. The summed E-state index contributed by atoms with van der Waals surface area (Å²) in [6.07, 6.45) is 0. The predicted octanol–water partition coefficient (Wildman–Crippen LogP) is 3.73. The zero-order valence-electron chi connectivity index (χ0n) is 12.9. The highest BCUT2D eigenvalue weighted by Gasteiger charge is 2.14. The zero-order valence-corrected chi connectivity index (χ0v) is 12.9. The number of benzene rings is 1. The molecule has 0 aliphatic carbocycles. The van der Waals surface area contributed by atoms with E-state index in [1.807, 2.05) is 26.0 Å². The maximum atomic E-state index is 11.3. The molecule has 1 N–H and O–H groups in total. The zero-order chi connectivity index (χ0) is 15.3. The lowest BCUT2D eigenvalue weighted by molar-refractivity contribution is 0.555. The van der Waals surface area contributed by atoms with E-state index in [2.05, 4.69) is 25.8 Å². The highest BCUT2D eigenvalue weighted by atomic mass is 16.4. The Morgan fingerprint density at radius 2 is 1.71 bits per heavy atom. The maximum Gasteiger partial charge on any atom is 0.417 e. The van der Waals surface area contributed by atoms with Crippen LogP contribution in [-0.2, 0) is 0 Å². The number of aryl methyl sites for hydroxylation is 2. The van der Waals surface area contributed by atoms with Crippen molar-refractivity contribution >= 4 is 11.1 Å². The van der Waals surface area contributed by atoms with Gasteiger partial charge in [-0.1, -0.05) is 0 Å². The first kappa shape index (κ1) is 13.6. The summed E-state index contributed by atoms with van der Waals surface area (Å²) in [5, 5.41) is 0.